The highest BCUT2D eigenvalue weighted by Gasteiger charge is 2.16. The van der Waals surface area contributed by atoms with Gasteiger partial charge in [0, 0.05) is 18.5 Å². The van der Waals surface area contributed by atoms with Crippen molar-refractivity contribution in [1.82, 2.24) is 20.9 Å². The van der Waals surface area contributed by atoms with Gasteiger partial charge in [-0.3, -0.25) is 14.9 Å². The summed E-state index contributed by atoms with van der Waals surface area (Å²) in [4.78, 5) is 28.9. The summed E-state index contributed by atoms with van der Waals surface area (Å²) in [7, 11) is 0. The number of hydrogen-bond donors (Lipinski definition) is 6. The maximum absolute atomic E-state index is 13.4. The van der Waals surface area contributed by atoms with Crippen molar-refractivity contribution >= 4 is 11.8 Å². The van der Waals surface area contributed by atoms with Crippen molar-refractivity contribution in [1.29, 1.82) is 0 Å². The molecular weight excluding hydrogens is 871 g/mol. The van der Waals surface area contributed by atoms with Crippen LogP contribution in [0.1, 0.15) is 243 Å². The summed E-state index contributed by atoms with van der Waals surface area (Å²) in [6, 6.07) is 5.46. The van der Waals surface area contributed by atoms with Gasteiger partial charge in [0.15, 0.2) is 11.5 Å². The molecule has 2 amide bonds. The zero-order valence-corrected chi connectivity index (χ0v) is 45.5. The third-order valence-electron chi connectivity index (χ3n) is 13.1. The molecule has 1 atom stereocenters. The minimum atomic E-state index is -0.234. The van der Waals surface area contributed by atoms with Crippen molar-refractivity contribution in [3.05, 3.63) is 48.1 Å². The average molecular weight is 983 g/mol. The van der Waals surface area contributed by atoms with Crippen LogP contribution in [0.4, 0.5) is 0 Å². The first kappa shape index (κ1) is 65.1. The van der Waals surface area contributed by atoms with E-state index in [4.69, 9.17) is 26.7 Å². The Balaban J connectivity index is 2.62. The fraction of sp³-hybridized carbons (Fsp3) is 0.797. The van der Waals surface area contributed by atoms with Gasteiger partial charge in [0.1, 0.15) is 0 Å². The van der Waals surface area contributed by atoms with Crippen LogP contribution in [-0.4, -0.2) is 88.5 Å². The van der Waals surface area contributed by atoms with Gasteiger partial charge in [-0.05, 0) is 160 Å². The quantitative estimate of drug-likeness (QED) is 0.0211. The van der Waals surface area contributed by atoms with Crippen LogP contribution in [0.5, 0.6) is 11.5 Å². The Kier molecular flexibility index (Phi) is 47.4. The van der Waals surface area contributed by atoms with E-state index in [9.17, 15) is 9.59 Å². The Labute approximate surface area is 430 Å². The number of nitrogens with one attached hydrogen (secondary N) is 3. The predicted molar refractivity (Wildman–Crippen MR) is 300 cm³/mol. The molecule has 0 aliphatic rings. The smallest absolute Gasteiger partial charge is 0.251 e. The Morgan fingerprint density at radius 1 is 0.529 bits per heavy atom. The van der Waals surface area contributed by atoms with Crippen LogP contribution >= 0.6 is 0 Å². The van der Waals surface area contributed by atoms with Gasteiger partial charge >= 0.3 is 0 Å². The van der Waals surface area contributed by atoms with Crippen molar-refractivity contribution < 1.29 is 19.1 Å². The molecule has 406 valence electrons. The number of rotatable bonds is 53. The molecule has 0 radical (unpaired) electrons. The summed E-state index contributed by atoms with van der Waals surface area (Å²) in [5.74, 6) is 0.952. The number of amides is 2. The molecule has 9 N–H and O–H groups in total. The maximum atomic E-state index is 13.4. The number of nitrogens with two attached hydrogens (primary N) is 3. The summed E-state index contributed by atoms with van der Waals surface area (Å²) in [6.45, 7) is 11.4. The van der Waals surface area contributed by atoms with Gasteiger partial charge in [0.2, 0.25) is 5.91 Å². The van der Waals surface area contributed by atoms with Crippen molar-refractivity contribution in [2.24, 2.45) is 17.2 Å². The van der Waals surface area contributed by atoms with Crippen LogP contribution in [0.25, 0.3) is 0 Å². The number of allylic oxidation sites excluding steroid dienone is 4. The molecule has 70 heavy (non-hydrogen) atoms. The van der Waals surface area contributed by atoms with Gasteiger partial charge in [-0.25, -0.2) is 0 Å². The molecule has 1 aromatic carbocycles. The minimum Gasteiger partial charge on any atom is -0.490 e. The number of unbranched alkanes of at least 4 members (excludes halogenated alkanes) is 24. The zero-order chi connectivity index (χ0) is 50.6. The largest absolute Gasteiger partial charge is 0.490 e. The Morgan fingerprint density at radius 2 is 0.971 bits per heavy atom. The molecule has 0 bridgehead atoms. The van der Waals surface area contributed by atoms with E-state index < -0.39 is 0 Å². The third kappa shape index (κ3) is 40.6. The Morgan fingerprint density at radius 3 is 1.46 bits per heavy atom. The number of ether oxygens (including phenoxy) is 2. The van der Waals surface area contributed by atoms with Gasteiger partial charge in [-0.2, -0.15) is 0 Å². The second-order valence-corrected chi connectivity index (χ2v) is 19.7. The molecular formula is C59H111N7O4. The second-order valence-electron chi connectivity index (χ2n) is 19.7. The molecule has 0 fully saturated rings. The number of carbonyl (C=O) groups excluding carboxylic acids is 2. The topological polar surface area (TPSA) is 170 Å². The molecule has 0 aliphatic carbocycles. The normalized spacial score (nSPS) is 12.1. The van der Waals surface area contributed by atoms with Gasteiger partial charge in [0.05, 0.1) is 19.4 Å². The molecule has 0 aliphatic heterocycles. The molecule has 0 saturated carbocycles. The van der Waals surface area contributed by atoms with E-state index in [1.807, 2.05) is 6.07 Å². The third-order valence-corrected chi connectivity index (χ3v) is 13.1. The van der Waals surface area contributed by atoms with E-state index in [2.05, 4.69) is 59.0 Å². The highest BCUT2D eigenvalue weighted by molar-refractivity contribution is 5.95. The molecule has 1 rings (SSSR count). The first-order chi connectivity index (χ1) is 34.5. The summed E-state index contributed by atoms with van der Waals surface area (Å²) >= 11 is 0. The van der Waals surface area contributed by atoms with Crippen molar-refractivity contribution in [3.63, 3.8) is 0 Å². The lowest BCUT2D eigenvalue weighted by atomic mass is 10.1. The van der Waals surface area contributed by atoms with Crippen LogP contribution in [0, 0.1) is 0 Å². The molecule has 0 aromatic heterocycles. The van der Waals surface area contributed by atoms with Crippen LogP contribution in [0.15, 0.2) is 42.5 Å². The predicted octanol–water partition coefficient (Wildman–Crippen LogP) is 12.8. The fourth-order valence-corrected chi connectivity index (χ4v) is 8.69. The van der Waals surface area contributed by atoms with E-state index in [1.54, 1.807) is 12.1 Å². The molecule has 1 aromatic rings. The number of hydrogen-bond acceptors (Lipinski definition) is 9. The summed E-state index contributed by atoms with van der Waals surface area (Å²) in [5.41, 5.74) is 17.8. The van der Waals surface area contributed by atoms with Crippen LogP contribution < -0.4 is 42.6 Å². The first-order valence-electron chi connectivity index (χ1n) is 29.3. The molecule has 0 saturated heterocycles. The van der Waals surface area contributed by atoms with Gasteiger partial charge in [0.25, 0.3) is 5.91 Å². The van der Waals surface area contributed by atoms with E-state index >= 15 is 0 Å². The monoisotopic (exact) mass is 982 g/mol. The second kappa shape index (κ2) is 51.0. The number of benzene rings is 1. The van der Waals surface area contributed by atoms with E-state index in [-0.39, 0.29) is 30.9 Å². The zero-order valence-electron chi connectivity index (χ0n) is 45.5. The van der Waals surface area contributed by atoms with Crippen LogP contribution in [0.2, 0.25) is 0 Å². The fourth-order valence-electron chi connectivity index (χ4n) is 8.69. The molecule has 0 heterocycles. The molecule has 11 heteroatoms. The highest BCUT2D eigenvalue weighted by Crippen LogP contribution is 2.29. The van der Waals surface area contributed by atoms with Crippen molar-refractivity contribution in [2.45, 2.75) is 238 Å². The molecule has 0 spiro atoms. The lowest BCUT2D eigenvalue weighted by molar-refractivity contribution is -0.121. The standard InChI is InChI=1S/C59H111N7O4/c1-3-5-7-9-11-13-15-17-19-21-23-25-27-29-31-33-51-69-55-41-40-54(53-56(55)70-52-34-32-30-28-26-24-22-20-18-16-14-12-10-8-6-4-2)59(68)64-47-42-58(67)65-57(63-46-36-43-60)39-35-48-66(49-37-44-61)50-38-45-62/h17-20,40-41,53,57,63H,3-16,21-39,42-52,60-62H2,1-2H3,(H,64,68)(H,65,67)/b19-17-,20-18-/t57-/m0/s1. The van der Waals surface area contributed by atoms with E-state index in [0.29, 0.717) is 49.9 Å². The summed E-state index contributed by atoms with van der Waals surface area (Å²) in [5, 5.41) is 9.56. The SMILES string of the molecule is CCCCCCCC/C=C\CCCCCCCCOc1ccc(C(=O)NCCC(=O)N[C@@H](CCCN(CCCN)CCCN)NCCCN)cc1OCCCCCCCC/C=C\CCCCCCCC. The van der Waals surface area contributed by atoms with Gasteiger partial charge in [-0.15, -0.1) is 0 Å². The molecule has 0 unspecified atom stereocenters. The number of nitrogens with zero attached hydrogens (tertiary/aromatic N) is 1. The number of carbonyl (C=O) groups is 2. The summed E-state index contributed by atoms with van der Waals surface area (Å²) < 4.78 is 12.6. The summed E-state index contributed by atoms with van der Waals surface area (Å²) in [6.07, 6.45) is 49.4. The Hall–Kier alpha value is -2.96. The van der Waals surface area contributed by atoms with E-state index in [0.717, 1.165) is 84.0 Å². The average Bonchev–Trinajstić information content (AvgIpc) is 3.36. The lowest BCUT2D eigenvalue weighted by Gasteiger charge is -2.24. The minimum absolute atomic E-state index is 0.108. The highest BCUT2D eigenvalue weighted by atomic mass is 16.5. The van der Waals surface area contributed by atoms with Gasteiger partial charge in [-0.1, -0.05) is 154 Å². The van der Waals surface area contributed by atoms with Crippen molar-refractivity contribution in [2.75, 3.05) is 65.6 Å². The van der Waals surface area contributed by atoms with Gasteiger partial charge < -0.3 is 42.2 Å². The maximum Gasteiger partial charge on any atom is 0.251 e. The Bertz CT molecular complexity index is 1370. The lowest BCUT2D eigenvalue weighted by Crippen LogP contribution is -2.47. The van der Waals surface area contributed by atoms with Crippen LogP contribution in [0.3, 0.4) is 0 Å². The first-order valence-corrected chi connectivity index (χ1v) is 29.3. The van der Waals surface area contributed by atoms with E-state index in [1.165, 1.54) is 154 Å². The molecule has 11 nitrogen and oxygen atoms in total. The van der Waals surface area contributed by atoms with Crippen LogP contribution in [-0.2, 0) is 4.79 Å². The van der Waals surface area contributed by atoms with Crippen molar-refractivity contribution in [3.8, 4) is 11.5 Å².